The van der Waals surface area contributed by atoms with Crippen LogP contribution in [0.5, 0.6) is 0 Å². The van der Waals surface area contributed by atoms with Gasteiger partial charge in [-0.25, -0.2) is 0 Å². The highest BCUT2D eigenvalue weighted by molar-refractivity contribution is 5.79. The Labute approximate surface area is 149 Å². The van der Waals surface area contributed by atoms with Crippen molar-refractivity contribution in [3.63, 3.8) is 0 Å². The third-order valence-electron chi connectivity index (χ3n) is 9.84. The van der Waals surface area contributed by atoms with E-state index in [1.54, 1.807) is 0 Å². The average Bonchev–Trinajstić information content (AvgIpc) is 2.91. The van der Waals surface area contributed by atoms with E-state index in [2.05, 4.69) is 20.8 Å². The Morgan fingerprint density at radius 3 is 2.33 bits per heavy atom. The lowest BCUT2D eigenvalue weighted by Crippen LogP contribution is -2.53. The Bertz CT molecular complexity index is 510. The summed E-state index contributed by atoms with van der Waals surface area (Å²) in [6.45, 7) is 9.40. The molecule has 4 rings (SSSR count). The van der Waals surface area contributed by atoms with Crippen LogP contribution < -0.4 is 0 Å². The third-order valence-corrected chi connectivity index (χ3v) is 9.84. The van der Waals surface area contributed by atoms with E-state index in [0.29, 0.717) is 22.5 Å². The fraction of sp³-hybridized carbons (Fsp3) is 0.957. The molecule has 8 unspecified atom stereocenters. The van der Waals surface area contributed by atoms with E-state index in [4.69, 9.17) is 0 Å². The monoisotopic (exact) mass is 330 g/mol. The molecule has 136 valence electrons. The third kappa shape index (κ3) is 2.28. The van der Waals surface area contributed by atoms with Gasteiger partial charge in [0.25, 0.3) is 0 Å². The van der Waals surface area contributed by atoms with Crippen LogP contribution in [0.3, 0.4) is 0 Å². The zero-order valence-electron chi connectivity index (χ0n) is 16.4. The Kier molecular flexibility index (Phi) is 4.17. The smallest absolute Gasteiger partial charge is 0.133 e. The molecule has 1 nitrogen and oxygen atoms in total. The summed E-state index contributed by atoms with van der Waals surface area (Å²) in [4.78, 5) is 12.2. The van der Waals surface area contributed by atoms with Crippen LogP contribution in [0.4, 0.5) is 0 Å². The Morgan fingerprint density at radius 2 is 1.62 bits per heavy atom. The first-order chi connectivity index (χ1) is 11.4. The lowest BCUT2D eigenvalue weighted by molar-refractivity contribution is -0.135. The summed E-state index contributed by atoms with van der Waals surface area (Å²) in [6, 6.07) is 0. The first-order valence-electron chi connectivity index (χ1n) is 10.9. The van der Waals surface area contributed by atoms with Crippen molar-refractivity contribution in [2.45, 2.75) is 91.9 Å². The van der Waals surface area contributed by atoms with Crippen LogP contribution in [0.2, 0.25) is 0 Å². The first-order valence-corrected chi connectivity index (χ1v) is 10.9. The molecule has 24 heavy (non-hydrogen) atoms. The van der Waals surface area contributed by atoms with E-state index in [1.165, 1.54) is 64.2 Å². The zero-order valence-corrected chi connectivity index (χ0v) is 16.4. The number of ketones is 1. The van der Waals surface area contributed by atoms with Crippen molar-refractivity contribution in [2.75, 3.05) is 0 Å². The lowest BCUT2D eigenvalue weighted by atomic mass is 9.44. The molecule has 8 atom stereocenters. The normalized spacial score (nSPS) is 53.8. The molecule has 0 aromatic carbocycles. The quantitative estimate of drug-likeness (QED) is 0.584. The molecule has 0 aromatic rings. The number of Topliss-reactive ketones (excluding diaryl/α,β-unsaturated/α-hetero) is 1. The molecule has 0 amide bonds. The number of rotatable bonds is 2. The van der Waals surface area contributed by atoms with Gasteiger partial charge in [-0.3, -0.25) is 4.79 Å². The first kappa shape index (κ1) is 17.1. The largest absolute Gasteiger partial charge is 0.300 e. The van der Waals surface area contributed by atoms with Crippen LogP contribution in [0, 0.1) is 46.3 Å². The van der Waals surface area contributed by atoms with Gasteiger partial charge in [0.1, 0.15) is 5.78 Å². The van der Waals surface area contributed by atoms with Crippen molar-refractivity contribution in [1.82, 2.24) is 0 Å². The van der Waals surface area contributed by atoms with Gasteiger partial charge in [0.05, 0.1) is 0 Å². The lowest BCUT2D eigenvalue weighted by Gasteiger charge is -2.61. The second-order valence-corrected chi connectivity index (χ2v) is 10.5. The maximum atomic E-state index is 12.2. The Hall–Kier alpha value is -0.330. The molecule has 4 aliphatic carbocycles. The summed E-state index contributed by atoms with van der Waals surface area (Å²) in [5.41, 5.74) is 0.945. The predicted molar refractivity (Wildman–Crippen MR) is 99.7 cm³/mol. The van der Waals surface area contributed by atoms with E-state index in [0.717, 1.165) is 29.6 Å². The van der Waals surface area contributed by atoms with Gasteiger partial charge in [0.2, 0.25) is 0 Å². The molecule has 0 saturated heterocycles. The van der Waals surface area contributed by atoms with Crippen molar-refractivity contribution < 1.29 is 4.79 Å². The number of carbonyl (C=O) groups excluding carboxylic acids is 1. The Balaban J connectivity index is 1.59. The molecule has 0 radical (unpaired) electrons. The minimum Gasteiger partial charge on any atom is -0.300 e. The number of hydrogen-bond donors (Lipinski definition) is 0. The fourth-order valence-corrected chi connectivity index (χ4v) is 8.39. The molecule has 0 heterocycles. The molecular weight excluding hydrogens is 292 g/mol. The van der Waals surface area contributed by atoms with Crippen LogP contribution in [-0.2, 0) is 4.79 Å². The van der Waals surface area contributed by atoms with Crippen molar-refractivity contribution in [3.8, 4) is 0 Å². The van der Waals surface area contributed by atoms with Crippen LogP contribution in [0.25, 0.3) is 0 Å². The highest BCUT2D eigenvalue weighted by atomic mass is 16.1. The van der Waals surface area contributed by atoms with Gasteiger partial charge < -0.3 is 0 Å². The van der Waals surface area contributed by atoms with Gasteiger partial charge in [-0.05, 0) is 105 Å². The number of fused-ring (bicyclic) bond motifs is 5. The van der Waals surface area contributed by atoms with Crippen molar-refractivity contribution >= 4 is 5.78 Å². The fourth-order valence-electron chi connectivity index (χ4n) is 8.39. The Morgan fingerprint density at radius 1 is 0.917 bits per heavy atom. The molecule has 1 heteroatoms. The minimum absolute atomic E-state index is 0.330. The van der Waals surface area contributed by atoms with Crippen LogP contribution in [0.1, 0.15) is 91.9 Å². The van der Waals surface area contributed by atoms with Crippen molar-refractivity contribution in [3.05, 3.63) is 0 Å². The summed E-state index contributed by atoms with van der Waals surface area (Å²) in [7, 11) is 0. The van der Waals surface area contributed by atoms with Gasteiger partial charge >= 0.3 is 0 Å². The molecule has 0 N–H and O–H groups in total. The van der Waals surface area contributed by atoms with E-state index >= 15 is 0 Å². The van der Waals surface area contributed by atoms with Gasteiger partial charge in [0, 0.05) is 5.92 Å². The summed E-state index contributed by atoms with van der Waals surface area (Å²) >= 11 is 0. The topological polar surface area (TPSA) is 17.1 Å². The molecule has 0 spiro atoms. The summed E-state index contributed by atoms with van der Waals surface area (Å²) < 4.78 is 0. The molecule has 4 fully saturated rings. The highest BCUT2D eigenvalue weighted by Crippen LogP contribution is 2.67. The van der Waals surface area contributed by atoms with Gasteiger partial charge in [-0.1, -0.05) is 27.2 Å². The second-order valence-electron chi connectivity index (χ2n) is 10.5. The van der Waals surface area contributed by atoms with E-state index < -0.39 is 0 Å². The minimum atomic E-state index is 0.330. The zero-order chi connectivity index (χ0) is 17.1. The van der Waals surface area contributed by atoms with Crippen molar-refractivity contribution in [2.24, 2.45) is 46.3 Å². The van der Waals surface area contributed by atoms with Gasteiger partial charge in [-0.2, -0.15) is 0 Å². The predicted octanol–water partition coefficient (Wildman–Crippen LogP) is 6.26. The van der Waals surface area contributed by atoms with E-state index in [1.807, 2.05) is 6.92 Å². The summed E-state index contributed by atoms with van der Waals surface area (Å²) in [5.74, 6) is 5.55. The maximum Gasteiger partial charge on any atom is 0.133 e. The molecule has 0 aliphatic heterocycles. The van der Waals surface area contributed by atoms with E-state index in [9.17, 15) is 4.79 Å². The van der Waals surface area contributed by atoms with Crippen LogP contribution >= 0.6 is 0 Å². The van der Waals surface area contributed by atoms with E-state index in [-0.39, 0.29) is 0 Å². The number of carbonyl (C=O) groups is 1. The molecule has 0 aromatic heterocycles. The van der Waals surface area contributed by atoms with Gasteiger partial charge in [0.15, 0.2) is 0 Å². The van der Waals surface area contributed by atoms with Gasteiger partial charge in [-0.15, -0.1) is 0 Å². The van der Waals surface area contributed by atoms with Crippen LogP contribution in [-0.4, -0.2) is 5.78 Å². The molecule has 4 saturated carbocycles. The molecular formula is C23H38O. The summed E-state index contributed by atoms with van der Waals surface area (Å²) in [5, 5.41) is 0. The molecule has 4 aliphatic rings. The standard InChI is InChI=1S/C23H38O/c1-5-16-10-12-22(3)17(14-16)6-7-18-20-9-8-19(15(2)24)23(20,4)13-11-21(18)22/h16-21H,5-14H2,1-4H3. The average molecular weight is 331 g/mol. The highest BCUT2D eigenvalue weighted by Gasteiger charge is 2.60. The second kappa shape index (κ2) is 5.85. The maximum absolute atomic E-state index is 12.2. The van der Waals surface area contributed by atoms with Crippen molar-refractivity contribution in [1.29, 1.82) is 0 Å². The number of hydrogen-bond acceptors (Lipinski definition) is 1. The van der Waals surface area contributed by atoms with Crippen LogP contribution in [0.15, 0.2) is 0 Å². The summed E-state index contributed by atoms with van der Waals surface area (Å²) in [6.07, 6.45) is 14.0. The SMILES string of the molecule is CCC1CCC2(C)C(CCC3C2CCC2(C)C(C(C)=O)CCC32)C1. The molecule has 0 bridgehead atoms.